The molecule has 0 N–H and O–H groups in total. The zero-order chi connectivity index (χ0) is 11.7. The molecule has 3 nitrogen and oxygen atoms in total. The predicted octanol–water partition coefficient (Wildman–Crippen LogP) is 1.68. The maximum atomic E-state index is 11.2. The highest BCUT2D eigenvalue weighted by Gasteiger charge is 2.06. The Balaban J connectivity index is 3.89. The molecule has 15 heavy (non-hydrogen) atoms. The van der Waals surface area contributed by atoms with Crippen molar-refractivity contribution in [1.29, 1.82) is 0 Å². The first-order valence-electron chi connectivity index (χ1n) is 4.14. The lowest BCUT2D eigenvalue weighted by Gasteiger charge is -2.01. The summed E-state index contributed by atoms with van der Waals surface area (Å²) in [5, 5.41) is 1.54. The minimum atomic E-state index is -3.08. The molecule has 0 aliphatic rings. The van der Waals surface area contributed by atoms with Crippen LogP contribution in [-0.2, 0) is 20.0 Å². The van der Waals surface area contributed by atoms with Crippen molar-refractivity contribution < 1.29 is 13.0 Å². The largest absolute Gasteiger partial charge is 0.605 e. The Morgan fingerprint density at radius 3 is 2.47 bits per heavy atom. The standard InChI is InChI=1S/C9H14O3S3/c1-3-7-14(10)13-6-5-9-15(11,12)8-4-2/h3-6H,1-2,7-9H2/b6-5+. The third-order valence-corrected chi connectivity index (χ3v) is 5.09. The van der Waals surface area contributed by atoms with Gasteiger partial charge in [-0.15, -0.1) is 6.58 Å². The van der Waals surface area contributed by atoms with Crippen LogP contribution in [0.15, 0.2) is 36.8 Å². The van der Waals surface area contributed by atoms with Crippen LogP contribution in [0.4, 0.5) is 0 Å². The maximum Gasteiger partial charge on any atom is 0.157 e. The molecule has 0 aromatic rings. The molecular formula is C9H14O3S3. The fraction of sp³-hybridized carbons (Fsp3) is 0.333. The molecule has 0 fully saturated rings. The number of sulfone groups is 1. The van der Waals surface area contributed by atoms with Crippen LogP contribution in [0.3, 0.4) is 0 Å². The molecule has 0 bridgehead atoms. The average molecular weight is 266 g/mol. The van der Waals surface area contributed by atoms with Crippen molar-refractivity contribution in [2.24, 2.45) is 0 Å². The lowest BCUT2D eigenvalue weighted by Crippen LogP contribution is -2.06. The quantitative estimate of drug-likeness (QED) is 0.381. The molecule has 0 aliphatic carbocycles. The van der Waals surface area contributed by atoms with Crippen LogP contribution in [0.2, 0.25) is 0 Å². The molecule has 0 aliphatic heterocycles. The van der Waals surface area contributed by atoms with Gasteiger partial charge in [-0.1, -0.05) is 18.7 Å². The van der Waals surface area contributed by atoms with E-state index in [1.807, 2.05) is 0 Å². The summed E-state index contributed by atoms with van der Waals surface area (Å²) in [5.41, 5.74) is 0. The van der Waals surface area contributed by atoms with E-state index >= 15 is 0 Å². The van der Waals surface area contributed by atoms with Gasteiger partial charge in [-0.2, -0.15) is 0 Å². The number of hydrogen-bond donors (Lipinski definition) is 0. The van der Waals surface area contributed by atoms with Gasteiger partial charge >= 0.3 is 0 Å². The Labute approximate surface area is 97.8 Å². The van der Waals surface area contributed by atoms with Gasteiger partial charge in [0.05, 0.1) is 11.5 Å². The monoisotopic (exact) mass is 266 g/mol. The predicted molar refractivity (Wildman–Crippen MR) is 68.8 cm³/mol. The van der Waals surface area contributed by atoms with Crippen LogP contribution >= 0.6 is 10.8 Å². The van der Waals surface area contributed by atoms with E-state index in [4.69, 9.17) is 0 Å². The minimum Gasteiger partial charge on any atom is -0.605 e. The van der Waals surface area contributed by atoms with E-state index in [1.165, 1.54) is 12.2 Å². The first-order chi connectivity index (χ1) is 7.02. The maximum absolute atomic E-state index is 11.2. The molecule has 0 rings (SSSR count). The molecular weight excluding hydrogens is 252 g/mol. The first kappa shape index (κ1) is 14.8. The average Bonchev–Trinajstić information content (AvgIpc) is 2.13. The molecule has 0 saturated heterocycles. The molecule has 6 heteroatoms. The van der Waals surface area contributed by atoms with Crippen LogP contribution in [-0.4, -0.2) is 30.2 Å². The van der Waals surface area contributed by atoms with Crippen molar-refractivity contribution in [3.05, 3.63) is 36.8 Å². The van der Waals surface area contributed by atoms with Crippen molar-refractivity contribution in [2.75, 3.05) is 17.3 Å². The third-order valence-electron chi connectivity index (χ3n) is 1.23. The first-order valence-corrected chi connectivity index (χ1v) is 8.68. The summed E-state index contributed by atoms with van der Waals surface area (Å²) < 4.78 is 33.4. The van der Waals surface area contributed by atoms with Crippen LogP contribution in [0.5, 0.6) is 0 Å². The van der Waals surface area contributed by atoms with Gasteiger partial charge in [0.15, 0.2) is 9.84 Å². The zero-order valence-electron chi connectivity index (χ0n) is 8.29. The second-order valence-corrected chi connectivity index (χ2v) is 7.84. The summed E-state index contributed by atoms with van der Waals surface area (Å²) >= 11 is 0. The molecule has 0 saturated carbocycles. The van der Waals surface area contributed by atoms with Crippen molar-refractivity contribution in [3.63, 3.8) is 0 Å². The summed E-state index contributed by atoms with van der Waals surface area (Å²) in [4.78, 5) is 0. The van der Waals surface area contributed by atoms with Gasteiger partial charge in [0.25, 0.3) is 0 Å². The molecule has 0 radical (unpaired) electrons. The van der Waals surface area contributed by atoms with E-state index in [2.05, 4.69) is 13.2 Å². The highest BCUT2D eigenvalue weighted by atomic mass is 33.1. The van der Waals surface area contributed by atoms with Crippen LogP contribution in [0.1, 0.15) is 0 Å². The van der Waals surface area contributed by atoms with Gasteiger partial charge in [0.1, 0.15) is 16.5 Å². The molecule has 1 atom stereocenters. The number of hydrogen-bond acceptors (Lipinski definition) is 4. The summed E-state index contributed by atoms with van der Waals surface area (Å²) in [6.07, 6.45) is 4.40. The van der Waals surface area contributed by atoms with Gasteiger partial charge in [-0.25, -0.2) is 8.42 Å². The van der Waals surface area contributed by atoms with E-state index in [0.717, 1.165) is 10.8 Å². The molecule has 0 aromatic carbocycles. The second kappa shape index (κ2) is 8.04. The second-order valence-electron chi connectivity index (χ2n) is 2.59. The summed E-state index contributed by atoms with van der Waals surface area (Å²) in [6, 6.07) is 0. The van der Waals surface area contributed by atoms with Crippen molar-refractivity contribution >= 4 is 30.8 Å². The van der Waals surface area contributed by atoms with Crippen LogP contribution < -0.4 is 0 Å². The van der Waals surface area contributed by atoms with E-state index in [1.54, 1.807) is 11.5 Å². The third kappa shape index (κ3) is 8.80. The van der Waals surface area contributed by atoms with Crippen molar-refractivity contribution in [2.45, 2.75) is 0 Å². The Morgan fingerprint density at radius 1 is 1.27 bits per heavy atom. The van der Waals surface area contributed by atoms with E-state index in [9.17, 15) is 13.0 Å². The van der Waals surface area contributed by atoms with Gasteiger partial charge in [0.2, 0.25) is 0 Å². The highest BCUT2D eigenvalue weighted by molar-refractivity contribution is 8.73. The summed E-state index contributed by atoms with van der Waals surface area (Å²) in [5.74, 6) is 0.323. The van der Waals surface area contributed by atoms with Crippen molar-refractivity contribution in [3.8, 4) is 0 Å². The highest BCUT2D eigenvalue weighted by Crippen LogP contribution is 2.14. The van der Waals surface area contributed by atoms with Gasteiger partial charge < -0.3 is 4.55 Å². The summed E-state index contributed by atoms with van der Waals surface area (Å²) in [6.45, 7) is 6.81. The van der Waals surface area contributed by atoms with Gasteiger partial charge in [0, 0.05) is 15.6 Å². The molecule has 0 spiro atoms. The number of rotatable bonds is 8. The lowest BCUT2D eigenvalue weighted by atomic mass is 10.7. The molecule has 1 unspecified atom stereocenters. The fourth-order valence-corrected chi connectivity index (χ4v) is 3.38. The van der Waals surface area contributed by atoms with Crippen LogP contribution in [0.25, 0.3) is 0 Å². The Kier molecular flexibility index (Phi) is 7.95. The van der Waals surface area contributed by atoms with Gasteiger partial charge in [-0.3, -0.25) is 0 Å². The van der Waals surface area contributed by atoms with E-state index in [0.29, 0.717) is 5.75 Å². The molecule has 86 valence electrons. The zero-order valence-corrected chi connectivity index (χ0v) is 10.7. The Bertz CT molecular complexity index is 319. The Morgan fingerprint density at radius 2 is 1.93 bits per heavy atom. The summed E-state index contributed by atoms with van der Waals surface area (Å²) in [7, 11) is -3.04. The van der Waals surface area contributed by atoms with E-state index in [-0.39, 0.29) is 11.5 Å². The minimum absolute atomic E-state index is 0.0300. The van der Waals surface area contributed by atoms with E-state index < -0.39 is 20.0 Å². The lowest BCUT2D eigenvalue weighted by molar-refractivity contribution is 0.601. The normalized spacial score (nSPS) is 13.9. The SMILES string of the molecule is C=CC[S+]([O-])S/C=C/CS(=O)(=O)CC=C. The van der Waals surface area contributed by atoms with Crippen LogP contribution in [0, 0.1) is 0 Å². The molecule has 0 amide bonds. The smallest absolute Gasteiger partial charge is 0.157 e. The van der Waals surface area contributed by atoms with Crippen molar-refractivity contribution in [1.82, 2.24) is 0 Å². The Hall–Kier alpha value is -0.170. The molecule has 0 heterocycles. The fourth-order valence-electron chi connectivity index (χ4n) is 0.670. The topological polar surface area (TPSA) is 57.2 Å². The van der Waals surface area contributed by atoms with Gasteiger partial charge in [-0.05, 0) is 6.08 Å². The molecule has 0 aromatic heterocycles.